The van der Waals surface area contributed by atoms with Crippen LogP contribution in [0, 0.1) is 18.3 Å². The fourth-order valence-electron chi connectivity index (χ4n) is 5.27. The maximum absolute atomic E-state index is 13.6. The van der Waals surface area contributed by atoms with Crippen molar-refractivity contribution in [3.63, 3.8) is 0 Å². The van der Waals surface area contributed by atoms with Gasteiger partial charge >= 0.3 is 0 Å². The highest BCUT2D eigenvalue weighted by Gasteiger charge is 2.67. The Kier molecular flexibility index (Phi) is 3.71. The van der Waals surface area contributed by atoms with Crippen molar-refractivity contribution < 1.29 is 9.32 Å². The zero-order valence-corrected chi connectivity index (χ0v) is 17.1. The predicted octanol–water partition coefficient (Wildman–Crippen LogP) is 3.32. The summed E-state index contributed by atoms with van der Waals surface area (Å²) in [4.78, 5) is 29.5. The number of fused-ring (bicyclic) bond motifs is 4. The summed E-state index contributed by atoms with van der Waals surface area (Å²) in [6.07, 6.45) is 4.81. The molecular weight excluding hydrogens is 354 g/mol. The summed E-state index contributed by atoms with van der Waals surface area (Å²) < 4.78 is 5.40. The molecule has 1 saturated heterocycles. The average molecular weight is 381 g/mol. The molecule has 0 N–H and O–H groups in total. The van der Waals surface area contributed by atoms with Crippen LogP contribution in [0.25, 0.3) is 0 Å². The summed E-state index contributed by atoms with van der Waals surface area (Å²) in [5.41, 5.74) is 2.11. The summed E-state index contributed by atoms with van der Waals surface area (Å²) >= 11 is 0. The molecule has 2 unspecified atom stereocenters. The molecule has 7 heteroatoms. The van der Waals surface area contributed by atoms with E-state index in [4.69, 9.17) is 9.51 Å². The van der Waals surface area contributed by atoms with Crippen molar-refractivity contribution in [2.45, 2.75) is 77.8 Å². The van der Waals surface area contributed by atoms with Gasteiger partial charge in [-0.2, -0.15) is 4.98 Å². The first-order valence-electron chi connectivity index (χ1n) is 10.3. The zero-order valence-electron chi connectivity index (χ0n) is 17.1. The third kappa shape index (κ3) is 2.44. The molecule has 4 heterocycles. The molecule has 2 bridgehead atoms. The van der Waals surface area contributed by atoms with E-state index in [1.807, 2.05) is 13.1 Å². The number of hydrogen-bond donors (Lipinski definition) is 0. The fraction of sp³-hybridized carbons (Fsp3) is 0.667. The molecule has 148 valence electrons. The number of hydrogen-bond acceptors (Lipinski definition) is 6. The second-order valence-corrected chi connectivity index (χ2v) is 9.44. The Balaban J connectivity index is 1.44. The molecule has 1 saturated carbocycles. The molecule has 28 heavy (non-hydrogen) atoms. The molecule has 0 aromatic carbocycles. The lowest BCUT2D eigenvalue weighted by molar-refractivity contribution is -0.137. The minimum atomic E-state index is -0.159. The van der Waals surface area contributed by atoms with Crippen LogP contribution in [0.2, 0.25) is 0 Å². The van der Waals surface area contributed by atoms with Crippen molar-refractivity contribution in [3.05, 3.63) is 35.0 Å². The molecule has 2 fully saturated rings. The molecule has 2 aromatic heterocycles. The van der Waals surface area contributed by atoms with E-state index >= 15 is 0 Å². The number of carbonyl (C=O) groups is 1. The van der Waals surface area contributed by atoms with Gasteiger partial charge in [-0.25, -0.2) is 9.97 Å². The van der Waals surface area contributed by atoms with Crippen molar-refractivity contribution in [1.29, 1.82) is 0 Å². The van der Waals surface area contributed by atoms with E-state index < -0.39 is 0 Å². The lowest BCUT2D eigenvalue weighted by Gasteiger charge is -2.36. The predicted molar refractivity (Wildman–Crippen MR) is 101 cm³/mol. The molecule has 2 aliphatic heterocycles. The first-order valence-corrected chi connectivity index (χ1v) is 10.3. The fourth-order valence-corrected chi connectivity index (χ4v) is 5.27. The highest BCUT2D eigenvalue weighted by Crippen LogP contribution is 2.65. The van der Waals surface area contributed by atoms with Gasteiger partial charge in [0.15, 0.2) is 5.82 Å². The number of rotatable bonds is 3. The SMILES string of the molecule is Cc1noc([C@H]2[C@@H](C(=O)N3C4CCC3c3cnc(C(C)C)nc3C4)C2(C)C)n1. The molecule has 5 rings (SSSR count). The smallest absolute Gasteiger partial charge is 0.231 e. The largest absolute Gasteiger partial charge is 0.339 e. The Labute approximate surface area is 164 Å². The van der Waals surface area contributed by atoms with E-state index in [0.29, 0.717) is 17.6 Å². The van der Waals surface area contributed by atoms with Gasteiger partial charge < -0.3 is 9.42 Å². The first-order chi connectivity index (χ1) is 13.3. The van der Waals surface area contributed by atoms with Crippen LogP contribution in [0.15, 0.2) is 10.7 Å². The highest BCUT2D eigenvalue weighted by molar-refractivity contribution is 5.85. The van der Waals surface area contributed by atoms with E-state index in [0.717, 1.165) is 36.3 Å². The van der Waals surface area contributed by atoms with Crippen LogP contribution in [-0.2, 0) is 11.2 Å². The molecule has 0 spiro atoms. The van der Waals surface area contributed by atoms with Crippen LogP contribution in [0.4, 0.5) is 0 Å². The Hall–Kier alpha value is -2.31. The van der Waals surface area contributed by atoms with Crippen LogP contribution in [-0.4, -0.2) is 37.0 Å². The first kappa shape index (κ1) is 17.8. The normalized spacial score (nSPS) is 29.9. The van der Waals surface area contributed by atoms with Crippen LogP contribution in [0.3, 0.4) is 0 Å². The summed E-state index contributed by atoms with van der Waals surface area (Å²) in [7, 11) is 0. The quantitative estimate of drug-likeness (QED) is 0.811. The Morgan fingerprint density at radius 3 is 2.75 bits per heavy atom. The van der Waals surface area contributed by atoms with E-state index in [9.17, 15) is 4.79 Å². The summed E-state index contributed by atoms with van der Waals surface area (Å²) in [6, 6.07) is 0.338. The van der Waals surface area contributed by atoms with Gasteiger partial charge in [-0.1, -0.05) is 32.9 Å². The van der Waals surface area contributed by atoms with Gasteiger partial charge in [0.1, 0.15) is 5.82 Å². The second kappa shape index (κ2) is 5.84. The average Bonchev–Trinajstić information content (AvgIpc) is 2.92. The molecule has 3 aliphatic rings. The van der Waals surface area contributed by atoms with Gasteiger partial charge in [0.25, 0.3) is 0 Å². The summed E-state index contributed by atoms with van der Waals surface area (Å²) in [6.45, 7) is 10.3. The van der Waals surface area contributed by atoms with Crippen molar-refractivity contribution >= 4 is 5.91 Å². The number of nitrogens with zero attached hydrogens (tertiary/aromatic N) is 5. The van der Waals surface area contributed by atoms with Crippen LogP contribution >= 0.6 is 0 Å². The van der Waals surface area contributed by atoms with Gasteiger partial charge in [0.2, 0.25) is 11.8 Å². The lowest BCUT2D eigenvalue weighted by Crippen LogP contribution is -2.43. The zero-order chi connectivity index (χ0) is 19.8. The van der Waals surface area contributed by atoms with Crippen LogP contribution in [0.5, 0.6) is 0 Å². The standard InChI is InChI=1S/C21H27N5O2/c1-10(2)18-22-9-13-14(24-18)8-12-6-7-15(13)26(12)20(27)17-16(21(17,4)5)19-23-11(3)25-28-19/h9-10,12,15-17H,6-8H2,1-5H3/t12?,15?,16-,17+/m1/s1. The maximum atomic E-state index is 13.6. The highest BCUT2D eigenvalue weighted by atomic mass is 16.5. The summed E-state index contributed by atoms with van der Waals surface area (Å²) in [5.74, 6) is 2.54. The van der Waals surface area contributed by atoms with Gasteiger partial charge in [-0.15, -0.1) is 0 Å². The number of amides is 1. The summed E-state index contributed by atoms with van der Waals surface area (Å²) in [5, 5.41) is 3.92. The van der Waals surface area contributed by atoms with Gasteiger partial charge in [-0.05, 0) is 25.2 Å². The molecule has 7 nitrogen and oxygen atoms in total. The topological polar surface area (TPSA) is 85.0 Å². The number of carbonyl (C=O) groups excluding carboxylic acids is 1. The Morgan fingerprint density at radius 1 is 1.29 bits per heavy atom. The van der Waals surface area contributed by atoms with Gasteiger partial charge in [0.05, 0.1) is 23.6 Å². The monoisotopic (exact) mass is 381 g/mol. The number of aryl methyl sites for hydroxylation is 1. The molecule has 4 atom stereocenters. The van der Waals surface area contributed by atoms with Gasteiger partial charge in [-0.3, -0.25) is 4.79 Å². The molecular formula is C21H27N5O2. The van der Waals surface area contributed by atoms with Crippen molar-refractivity contribution in [2.75, 3.05) is 0 Å². The Morgan fingerprint density at radius 2 is 2.07 bits per heavy atom. The van der Waals surface area contributed by atoms with Crippen molar-refractivity contribution in [3.8, 4) is 0 Å². The molecule has 0 radical (unpaired) electrons. The molecule has 2 aromatic rings. The minimum Gasteiger partial charge on any atom is -0.339 e. The van der Waals surface area contributed by atoms with Gasteiger partial charge in [0, 0.05) is 30.1 Å². The van der Waals surface area contributed by atoms with Crippen LogP contribution < -0.4 is 0 Å². The van der Waals surface area contributed by atoms with Crippen LogP contribution in [0.1, 0.15) is 87.2 Å². The third-order valence-corrected chi connectivity index (χ3v) is 6.88. The van der Waals surface area contributed by atoms with E-state index in [-0.39, 0.29) is 35.2 Å². The maximum Gasteiger partial charge on any atom is 0.231 e. The minimum absolute atomic E-state index is 0.00145. The Bertz CT molecular complexity index is 950. The third-order valence-electron chi connectivity index (χ3n) is 6.88. The molecule has 1 aliphatic carbocycles. The van der Waals surface area contributed by atoms with E-state index in [1.165, 1.54) is 0 Å². The second-order valence-electron chi connectivity index (χ2n) is 9.44. The number of aromatic nitrogens is 4. The van der Waals surface area contributed by atoms with E-state index in [2.05, 4.69) is 47.7 Å². The van der Waals surface area contributed by atoms with Crippen molar-refractivity contribution in [1.82, 2.24) is 25.0 Å². The molecule has 1 amide bonds. The lowest BCUT2D eigenvalue weighted by atomic mass is 9.97. The van der Waals surface area contributed by atoms with Crippen molar-refractivity contribution in [2.24, 2.45) is 11.3 Å². The van der Waals surface area contributed by atoms with E-state index in [1.54, 1.807) is 0 Å².